The Bertz CT molecular complexity index is 810. The summed E-state index contributed by atoms with van der Waals surface area (Å²) in [4.78, 5) is 18.2. The molecule has 23 heavy (non-hydrogen) atoms. The summed E-state index contributed by atoms with van der Waals surface area (Å²) in [5.41, 5.74) is 5.26. The average Bonchev–Trinajstić information content (AvgIpc) is 2.98. The van der Waals surface area contributed by atoms with Crippen LogP contribution in [0.4, 0.5) is 0 Å². The monoisotopic (exact) mass is 327 g/mol. The highest BCUT2D eigenvalue weighted by atomic mass is 32.2. The molecule has 6 nitrogen and oxygen atoms in total. The Morgan fingerprint density at radius 1 is 1.26 bits per heavy atom. The molecule has 1 aromatic heterocycles. The number of fused-ring (bicyclic) bond motifs is 1. The van der Waals surface area contributed by atoms with Crippen molar-refractivity contribution in [3.05, 3.63) is 54.1 Å². The molecule has 1 heterocycles. The van der Waals surface area contributed by atoms with E-state index in [1.807, 2.05) is 24.3 Å². The van der Waals surface area contributed by atoms with Gasteiger partial charge in [0.2, 0.25) is 0 Å². The molecule has 116 valence electrons. The Labute approximate surface area is 136 Å². The summed E-state index contributed by atoms with van der Waals surface area (Å²) in [6, 6.07) is 14.4. The van der Waals surface area contributed by atoms with Crippen LogP contribution in [0.1, 0.15) is 5.56 Å². The zero-order chi connectivity index (χ0) is 16.1. The standard InChI is InChI=1S/C16H14N4O2S/c21-12-7-5-11(6-8-12)9-17-20-15(22)10-23-16-18-13-3-1-2-4-14(13)19-16/h1-9,21H,10H2,(H,18,19)(H,20,22)/p+1/b17-9+. The molecule has 0 aliphatic rings. The van der Waals surface area contributed by atoms with Crippen LogP contribution in [0.5, 0.6) is 5.75 Å². The van der Waals surface area contributed by atoms with Gasteiger partial charge in [-0.15, -0.1) is 0 Å². The second kappa shape index (κ2) is 6.97. The number of phenolic OH excluding ortho intramolecular Hbond substituents is 1. The number of thioether (sulfide) groups is 1. The van der Waals surface area contributed by atoms with Crippen LogP contribution < -0.4 is 10.4 Å². The van der Waals surface area contributed by atoms with Crippen LogP contribution in [-0.4, -0.2) is 28.0 Å². The minimum absolute atomic E-state index is 0.192. The summed E-state index contributed by atoms with van der Waals surface area (Å²) in [6.07, 6.45) is 1.52. The Morgan fingerprint density at radius 3 is 2.83 bits per heavy atom. The van der Waals surface area contributed by atoms with Crippen molar-refractivity contribution in [2.75, 3.05) is 5.75 Å². The summed E-state index contributed by atoms with van der Waals surface area (Å²) in [6.45, 7) is 0. The van der Waals surface area contributed by atoms with Crippen molar-refractivity contribution < 1.29 is 14.9 Å². The third kappa shape index (κ3) is 4.10. The number of imidazole rings is 1. The van der Waals surface area contributed by atoms with Crippen LogP contribution in [0.25, 0.3) is 11.0 Å². The molecule has 3 aromatic rings. The number of para-hydroxylation sites is 2. The first kappa shape index (κ1) is 15.1. The second-order valence-corrected chi connectivity index (χ2v) is 5.78. The number of carbonyl (C=O) groups excluding carboxylic acids is 1. The number of hydrogen-bond acceptors (Lipinski definition) is 4. The number of aromatic amines is 2. The third-order valence-corrected chi connectivity index (χ3v) is 3.97. The third-order valence-electron chi connectivity index (χ3n) is 3.07. The smallest absolute Gasteiger partial charge is 0.315 e. The number of aromatic hydroxyl groups is 1. The van der Waals surface area contributed by atoms with Crippen LogP contribution in [0.3, 0.4) is 0 Å². The van der Waals surface area contributed by atoms with Gasteiger partial charge in [0.1, 0.15) is 5.75 Å². The van der Waals surface area contributed by atoms with Gasteiger partial charge in [0.05, 0.1) is 12.0 Å². The van der Waals surface area contributed by atoms with Crippen molar-refractivity contribution in [2.45, 2.75) is 5.16 Å². The van der Waals surface area contributed by atoms with Gasteiger partial charge in [-0.05, 0) is 53.7 Å². The molecular weight excluding hydrogens is 312 g/mol. The van der Waals surface area contributed by atoms with Crippen LogP contribution in [0.2, 0.25) is 0 Å². The van der Waals surface area contributed by atoms with Gasteiger partial charge in [-0.1, -0.05) is 12.1 Å². The largest absolute Gasteiger partial charge is 0.508 e. The van der Waals surface area contributed by atoms with Gasteiger partial charge in [-0.3, -0.25) is 4.79 Å². The lowest BCUT2D eigenvalue weighted by molar-refractivity contribution is -0.396. The van der Waals surface area contributed by atoms with Crippen molar-refractivity contribution in [1.29, 1.82) is 0 Å². The number of hydrogen-bond donors (Lipinski definition) is 3. The molecule has 3 rings (SSSR count). The summed E-state index contributed by atoms with van der Waals surface area (Å²) in [7, 11) is 0. The molecule has 0 aliphatic heterocycles. The Kier molecular flexibility index (Phi) is 4.58. The van der Waals surface area contributed by atoms with E-state index in [1.165, 1.54) is 18.0 Å². The highest BCUT2D eigenvalue weighted by Crippen LogP contribution is 2.14. The normalized spacial score (nSPS) is 11.1. The van der Waals surface area contributed by atoms with E-state index in [0.717, 1.165) is 21.8 Å². The summed E-state index contributed by atoms with van der Waals surface area (Å²) in [5, 5.41) is 13.9. The van der Waals surface area contributed by atoms with E-state index in [4.69, 9.17) is 0 Å². The van der Waals surface area contributed by atoms with E-state index >= 15 is 0 Å². The number of H-pyrrole nitrogens is 2. The maximum absolute atomic E-state index is 11.8. The molecule has 0 radical (unpaired) electrons. The predicted molar refractivity (Wildman–Crippen MR) is 89.4 cm³/mol. The predicted octanol–water partition coefficient (Wildman–Crippen LogP) is 1.93. The SMILES string of the molecule is O=C(CSc1[nH]c2ccccc2[nH+]1)N/N=C/c1ccc(O)cc1. The number of aromatic nitrogens is 2. The number of phenols is 1. The van der Waals surface area contributed by atoms with Gasteiger partial charge < -0.3 is 5.11 Å². The average molecular weight is 327 g/mol. The Hall–Kier alpha value is -2.80. The maximum atomic E-state index is 11.8. The highest BCUT2D eigenvalue weighted by Gasteiger charge is 2.11. The Balaban J connectivity index is 1.50. The molecule has 1 amide bonds. The van der Waals surface area contributed by atoms with E-state index < -0.39 is 0 Å². The van der Waals surface area contributed by atoms with Crippen molar-refractivity contribution in [1.82, 2.24) is 10.4 Å². The number of amides is 1. The van der Waals surface area contributed by atoms with Gasteiger partial charge in [0.25, 0.3) is 5.91 Å². The van der Waals surface area contributed by atoms with Crippen LogP contribution in [0.15, 0.2) is 58.8 Å². The maximum Gasteiger partial charge on any atom is 0.315 e. The lowest BCUT2D eigenvalue weighted by atomic mass is 10.2. The Morgan fingerprint density at radius 2 is 2.04 bits per heavy atom. The minimum Gasteiger partial charge on any atom is -0.508 e. The van der Waals surface area contributed by atoms with Gasteiger partial charge in [0, 0.05) is 0 Å². The number of hydrazone groups is 1. The van der Waals surface area contributed by atoms with E-state index in [9.17, 15) is 9.90 Å². The van der Waals surface area contributed by atoms with Gasteiger partial charge in [-0.2, -0.15) is 5.10 Å². The molecule has 0 spiro atoms. The second-order valence-electron chi connectivity index (χ2n) is 4.80. The van der Waals surface area contributed by atoms with Gasteiger partial charge in [-0.25, -0.2) is 15.4 Å². The number of benzene rings is 2. The molecule has 7 heteroatoms. The molecule has 0 atom stereocenters. The molecular formula is C16H15N4O2S+. The summed E-state index contributed by atoms with van der Waals surface area (Å²) < 4.78 is 0. The van der Waals surface area contributed by atoms with Crippen LogP contribution in [-0.2, 0) is 4.79 Å². The number of rotatable bonds is 5. The lowest BCUT2D eigenvalue weighted by Gasteiger charge is -1.96. The van der Waals surface area contributed by atoms with E-state index in [2.05, 4.69) is 20.5 Å². The molecule has 0 fully saturated rings. The molecule has 2 aromatic carbocycles. The molecule has 0 aliphatic carbocycles. The van der Waals surface area contributed by atoms with Gasteiger partial charge >= 0.3 is 5.16 Å². The van der Waals surface area contributed by atoms with Crippen molar-refractivity contribution in [3.8, 4) is 5.75 Å². The molecule has 0 unspecified atom stereocenters. The zero-order valence-electron chi connectivity index (χ0n) is 12.1. The van der Waals surface area contributed by atoms with Crippen molar-refractivity contribution in [3.63, 3.8) is 0 Å². The quantitative estimate of drug-likeness (QED) is 0.380. The van der Waals surface area contributed by atoms with Gasteiger partial charge in [0.15, 0.2) is 11.0 Å². The summed E-state index contributed by atoms with van der Waals surface area (Å²) in [5.74, 6) is 0.241. The first-order valence-electron chi connectivity index (χ1n) is 6.94. The first-order chi connectivity index (χ1) is 11.2. The van der Waals surface area contributed by atoms with Crippen LogP contribution >= 0.6 is 11.8 Å². The molecule has 0 bridgehead atoms. The van der Waals surface area contributed by atoms with Crippen LogP contribution in [0, 0.1) is 0 Å². The number of nitrogens with one attached hydrogen (secondary N) is 3. The van der Waals surface area contributed by atoms with E-state index in [-0.39, 0.29) is 17.4 Å². The van der Waals surface area contributed by atoms with Crippen molar-refractivity contribution >= 4 is 34.9 Å². The first-order valence-corrected chi connectivity index (χ1v) is 7.93. The van der Waals surface area contributed by atoms with Crippen molar-refractivity contribution in [2.24, 2.45) is 5.10 Å². The van der Waals surface area contributed by atoms with E-state index in [1.54, 1.807) is 24.3 Å². The number of nitrogens with zero attached hydrogens (tertiary/aromatic N) is 1. The summed E-state index contributed by atoms with van der Waals surface area (Å²) >= 11 is 1.37. The fourth-order valence-corrected chi connectivity index (χ4v) is 2.66. The minimum atomic E-state index is -0.197. The topological polar surface area (TPSA) is 91.6 Å². The lowest BCUT2D eigenvalue weighted by Crippen LogP contribution is -2.20. The fraction of sp³-hybridized carbons (Fsp3) is 0.0625. The highest BCUT2D eigenvalue weighted by molar-refractivity contribution is 7.99. The molecule has 0 saturated carbocycles. The zero-order valence-corrected chi connectivity index (χ0v) is 12.9. The fourth-order valence-electron chi connectivity index (χ4n) is 1.96. The molecule has 4 N–H and O–H groups in total. The number of carbonyl (C=O) groups is 1. The molecule has 0 saturated heterocycles. The van der Waals surface area contributed by atoms with E-state index in [0.29, 0.717) is 0 Å².